The summed E-state index contributed by atoms with van der Waals surface area (Å²) in [6, 6.07) is 7.34. The highest BCUT2D eigenvalue weighted by Crippen LogP contribution is 2.12. The maximum absolute atomic E-state index is 11.4. The zero-order valence-corrected chi connectivity index (χ0v) is 11.0. The van der Waals surface area contributed by atoms with Crippen LogP contribution < -0.4 is 10.1 Å². The smallest absolute Gasteiger partial charge is 0.325 e. The van der Waals surface area contributed by atoms with Crippen molar-refractivity contribution in [1.29, 1.82) is 0 Å². The molecule has 0 unspecified atom stereocenters. The molecule has 0 spiro atoms. The zero-order chi connectivity index (χ0) is 14.1. The van der Waals surface area contributed by atoms with E-state index in [2.05, 4.69) is 10.1 Å². The van der Waals surface area contributed by atoms with E-state index in [1.165, 1.54) is 13.2 Å². The molecule has 0 aliphatic carbocycles. The van der Waals surface area contributed by atoms with Crippen LogP contribution in [-0.2, 0) is 14.3 Å². The van der Waals surface area contributed by atoms with Crippen LogP contribution >= 0.6 is 0 Å². The van der Waals surface area contributed by atoms with E-state index in [-0.39, 0.29) is 12.5 Å². The molecule has 102 valence electrons. The van der Waals surface area contributed by atoms with Crippen LogP contribution in [0.15, 0.2) is 30.3 Å². The van der Waals surface area contributed by atoms with Gasteiger partial charge in [0.1, 0.15) is 12.3 Å². The minimum Gasteiger partial charge on any atom is -0.494 e. The van der Waals surface area contributed by atoms with Crippen molar-refractivity contribution in [2.24, 2.45) is 0 Å². The molecule has 1 aromatic carbocycles. The largest absolute Gasteiger partial charge is 0.494 e. The van der Waals surface area contributed by atoms with Crippen LogP contribution in [0.25, 0.3) is 6.08 Å². The third-order valence-electron chi connectivity index (χ3n) is 2.25. The van der Waals surface area contributed by atoms with Crippen molar-refractivity contribution < 1.29 is 19.1 Å². The molecule has 0 aromatic heterocycles. The Balaban J connectivity index is 2.47. The molecule has 0 aliphatic heterocycles. The topological polar surface area (TPSA) is 64.6 Å². The molecule has 0 radical (unpaired) electrons. The maximum Gasteiger partial charge on any atom is 0.325 e. The predicted molar refractivity (Wildman–Crippen MR) is 71.7 cm³/mol. The van der Waals surface area contributed by atoms with E-state index in [1.807, 2.05) is 31.2 Å². The minimum absolute atomic E-state index is 0.136. The summed E-state index contributed by atoms with van der Waals surface area (Å²) in [7, 11) is 1.27. The molecule has 0 atom stereocenters. The van der Waals surface area contributed by atoms with E-state index in [9.17, 15) is 9.59 Å². The predicted octanol–water partition coefficient (Wildman–Crippen LogP) is 1.39. The van der Waals surface area contributed by atoms with Crippen LogP contribution in [0.4, 0.5) is 0 Å². The van der Waals surface area contributed by atoms with E-state index < -0.39 is 5.97 Å². The minimum atomic E-state index is -0.484. The van der Waals surface area contributed by atoms with Crippen LogP contribution in [0.5, 0.6) is 5.75 Å². The first kappa shape index (κ1) is 14.8. The second-order valence-electron chi connectivity index (χ2n) is 3.63. The Labute approximate surface area is 112 Å². The molecule has 0 bridgehead atoms. The Morgan fingerprint density at radius 1 is 1.26 bits per heavy atom. The lowest BCUT2D eigenvalue weighted by molar-refractivity contribution is -0.140. The number of nitrogens with one attached hydrogen (secondary N) is 1. The van der Waals surface area contributed by atoms with Gasteiger partial charge >= 0.3 is 5.97 Å². The van der Waals surface area contributed by atoms with Crippen molar-refractivity contribution >= 4 is 18.0 Å². The number of ether oxygens (including phenoxy) is 2. The molecule has 1 rings (SSSR count). The molecule has 1 aromatic rings. The molecular weight excluding hydrogens is 246 g/mol. The number of benzene rings is 1. The Hall–Kier alpha value is -2.30. The quantitative estimate of drug-likeness (QED) is 0.622. The lowest BCUT2D eigenvalue weighted by Crippen LogP contribution is -2.28. The molecule has 0 heterocycles. The maximum atomic E-state index is 11.4. The highest BCUT2D eigenvalue weighted by molar-refractivity contribution is 5.93. The molecule has 1 N–H and O–H groups in total. The third-order valence-corrected chi connectivity index (χ3v) is 2.25. The van der Waals surface area contributed by atoms with Crippen molar-refractivity contribution in [3.63, 3.8) is 0 Å². The Morgan fingerprint density at radius 2 is 1.95 bits per heavy atom. The van der Waals surface area contributed by atoms with E-state index in [0.29, 0.717) is 6.61 Å². The number of methoxy groups -OCH3 is 1. The van der Waals surface area contributed by atoms with Crippen molar-refractivity contribution in [3.8, 4) is 5.75 Å². The normalized spacial score (nSPS) is 10.2. The standard InChI is InChI=1S/C14H17NO4/c1-3-19-12-7-4-11(5-8-12)6-9-13(16)15-10-14(17)18-2/h4-9H,3,10H2,1-2H3,(H,15,16)/b9-6+. The molecule has 5 heteroatoms. The second-order valence-corrected chi connectivity index (χ2v) is 3.63. The summed E-state index contributed by atoms with van der Waals surface area (Å²) in [5.41, 5.74) is 0.872. The lowest BCUT2D eigenvalue weighted by Gasteiger charge is -2.02. The average molecular weight is 263 g/mol. The number of rotatable bonds is 6. The lowest BCUT2D eigenvalue weighted by atomic mass is 10.2. The summed E-state index contributed by atoms with van der Waals surface area (Å²) in [5, 5.41) is 2.41. The molecule has 0 saturated heterocycles. The molecular formula is C14H17NO4. The van der Waals surface area contributed by atoms with E-state index >= 15 is 0 Å². The van der Waals surface area contributed by atoms with Crippen LogP contribution in [0.3, 0.4) is 0 Å². The van der Waals surface area contributed by atoms with Crippen molar-refractivity contribution in [2.45, 2.75) is 6.92 Å². The summed E-state index contributed by atoms with van der Waals surface area (Å²) in [6.45, 7) is 2.40. The summed E-state index contributed by atoms with van der Waals surface area (Å²) in [6.07, 6.45) is 3.01. The Bertz CT molecular complexity index is 451. The van der Waals surface area contributed by atoms with Gasteiger partial charge in [0, 0.05) is 6.08 Å². The number of carbonyl (C=O) groups is 2. The van der Waals surface area contributed by atoms with Gasteiger partial charge in [-0.25, -0.2) is 0 Å². The summed E-state index contributed by atoms with van der Waals surface area (Å²) in [4.78, 5) is 22.2. The first-order valence-corrected chi connectivity index (χ1v) is 5.91. The fourth-order valence-electron chi connectivity index (χ4n) is 1.30. The first-order chi connectivity index (χ1) is 9.15. The summed E-state index contributed by atoms with van der Waals surface area (Å²) < 4.78 is 9.72. The van der Waals surface area contributed by atoms with Gasteiger partial charge in [-0.3, -0.25) is 9.59 Å². The highest BCUT2D eigenvalue weighted by atomic mass is 16.5. The van der Waals surface area contributed by atoms with Crippen molar-refractivity contribution in [2.75, 3.05) is 20.3 Å². The van der Waals surface area contributed by atoms with Gasteiger partial charge in [-0.2, -0.15) is 0 Å². The van der Waals surface area contributed by atoms with Gasteiger partial charge < -0.3 is 14.8 Å². The van der Waals surface area contributed by atoms with Gasteiger partial charge in [0.25, 0.3) is 0 Å². The number of esters is 1. The Kier molecular flexibility index (Phi) is 6.15. The zero-order valence-electron chi connectivity index (χ0n) is 11.0. The molecule has 19 heavy (non-hydrogen) atoms. The van der Waals surface area contributed by atoms with E-state index in [1.54, 1.807) is 6.08 Å². The molecule has 5 nitrogen and oxygen atoms in total. The van der Waals surface area contributed by atoms with Gasteiger partial charge in [0.05, 0.1) is 13.7 Å². The number of amides is 1. The molecule has 0 fully saturated rings. The summed E-state index contributed by atoms with van der Waals surface area (Å²) in [5.74, 6) is -0.0445. The number of carbonyl (C=O) groups excluding carboxylic acids is 2. The highest BCUT2D eigenvalue weighted by Gasteiger charge is 2.01. The van der Waals surface area contributed by atoms with Gasteiger partial charge in [-0.05, 0) is 30.7 Å². The van der Waals surface area contributed by atoms with Gasteiger partial charge in [-0.1, -0.05) is 12.1 Å². The molecule has 0 aliphatic rings. The monoisotopic (exact) mass is 263 g/mol. The van der Waals surface area contributed by atoms with Crippen LogP contribution in [0.2, 0.25) is 0 Å². The SMILES string of the molecule is CCOc1ccc(/C=C/C(=O)NCC(=O)OC)cc1. The molecule has 0 saturated carbocycles. The number of hydrogen-bond donors (Lipinski definition) is 1. The van der Waals surface area contributed by atoms with Gasteiger partial charge in [0.15, 0.2) is 0 Å². The fourth-order valence-corrected chi connectivity index (χ4v) is 1.30. The van der Waals surface area contributed by atoms with Gasteiger partial charge in [0.2, 0.25) is 5.91 Å². The van der Waals surface area contributed by atoms with Crippen LogP contribution in [-0.4, -0.2) is 32.1 Å². The first-order valence-electron chi connectivity index (χ1n) is 5.91. The van der Waals surface area contributed by atoms with E-state index in [4.69, 9.17) is 4.74 Å². The van der Waals surface area contributed by atoms with Gasteiger partial charge in [-0.15, -0.1) is 0 Å². The Morgan fingerprint density at radius 3 is 2.53 bits per heavy atom. The average Bonchev–Trinajstić information content (AvgIpc) is 2.44. The third kappa shape index (κ3) is 5.72. The number of hydrogen-bond acceptors (Lipinski definition) is 4. The van der Waals surface area contributed by atoms with Crippen molar-refractivity contribution in [3.05, 3.63) is 35.9 Å². The fraction of sp³-hybridized carbons (Fsp3) is 0.286. The van der Waals surface area contributed by atoms with E-state index in [0.717, 1.165) is 11.3 Å². The van der Waals surface area contributed by atoms with Crippen LogP contribution in [0, 0.1) is 0 Å². The summed E-state index contributed by atoms with van der Waals surface area (Å²) >= 11 is 0. The molecule has 1 amide bonds. The second kappa shape index (κ2) is 7.92. The van der Waals surface area contributed by atoms with Crippen molar-refractivity contribution in [1.82, 2.24) is 5.32 Å². The van der Waals surface area contributed by atoms with Crippen LogP contribution in [0.1, 0.15) is 12.5 Å².